The van der Waals surface area contributed by atoms with Crippen LogP contribution in [-0.2, 0) is 0 Å². The van der Waals surface area contributed by atoms with Crippen LogP contribution in [0.4, 0.5) is 4.39 Å². The number of benzene rings is 2. The number of amides is 1. The first kappa shape index (κ1) is 15.0. The third-order valence-electron chi connectivity index (χ3n) is 3.57. The van der Waals surface area contributed by atoms with Gasteiger partial charge >= 0.3 is 0 Å². The number of carbonyl (C=O) groups is 1. The molecule has 23 heavy (non-hydrogen) atoms. The molecule has 0 saturated carbocycles. The van der Waals surface area contributed by atoms with Gasteiger partial charge in [0.15, 0.2) is 0 Å². The molecule has 0 unspecified atom stereocenters. The average Bonchev–Trinajstić information content (AvgIpc) is 3.00. The smallest absolute Gasteiger partial charge is 0.254 e. The molecule has 1 N–H and O–H groups in total. The van der Waals surface area contributed by atoms with Crippen LogP contribution >= 0.6 is 0 Å². The van der Waals surface area contributed by atoms with E-state index in [4.69, 9.17) is 0 Å². The number of rotatable bonds is 3. The summed E-state index contributed by atoms with van der Waals surface area (Å²) in [5.74, 6) is -0.527. The molecule has 1 aromatic heterocycles. The second kappa shape index (κ2) is 6.04. The molecule has 0 fully saturated rings. The molecule has 0 aliphatic carbocycles. The number of aromatic nitrogens is 2. The average molecular weight is 309 g/mol. The lowest BCUT2D eigenvalue weighted by Gasteiger charge is -2.02. The van der Waals surface area contributed by atoms with Crippen LogP contribution < -0.4 is 5.32 Å². The Kier molecular flexibility index (Phi) is 3.93. The maximum absolute atomic E-state index is 13.1. The zero-order valence-electron chi connectivity index (χ0n) is 12.9. The van der Waals surface area contributed by atoms with Gasteiger partial charge in [0.05, 0.1) is 11.3 Å². The van der Waals surface area contributed by atoms with Crippen molar-refractivity contribution < 1.29 is 9.18 Å². The van der Waals surface area contributed by atoms with Gasteiger partial charge in [0.25, 0.3) is 5.91 Å². The summed E-state index contributed by atoms with van der Waals surface area (Å²) in [4.78, 5) is 12.2. The van der Waals surface area contributed by atoms with Crippen molar-refractivity contribution in [2.24, 2.45) is 0 Å². The molecule has 0 aliphatic rings. The van der Waals surface area contributed by atoms with Gasteiger partial charge in [-0.2, -0.15) is 5.10 Å². The van der Waals surface area contributed by atoms with Gasteiger partial charge in [-0.3, -0.25) is 4.79 Å². The maximum atomic E-state index is 13.1. The van der Waals surface area contributed by atoms with Crippen LogP contribution in [0.15, 0.2) is 54.7 Å². The van der Waals surface area contributed by atoms with Gasteiger partial charge in [0.1, 0.15) is 11.5 Å². The quantitative estimate of drug-likeness (QED) is 0.806. The standard InChI is InChI=1S/C18H16FN3O/c1-12-4-3-5-13(10-12)17-16(18(23)20-2)11-22(21-17)15-8-6-14(19)7-9-15/h3-11H,1-2H3,(H,20,23). The molecular formula is C18H16FN3O. The van der Waals surface area contributed by atoms with Gasteiger partial charge in [-0.05, 0) is 37.3 Å². The Hall–Kier alpha value is -2.95. The zero-order chi connectivity index (χ0) is 16.4. The highest BCUT2D eigenvalue weighted by molar-refractivity contribution is 5.99. The normalized spacial score (nSPS) is 10.6. The van der Waals surface area contributed by atoms with E-state index in [1.165, 1.54) is 12.1 Å². The van der Waals surface area contributed by atoms with Gasteiger partial charge < -0.3 is 5.32 Å². The molecule has 0 atom stereocenters. The third kappa shape index (κ3) is 2.99. The Morgan fingerprint density at radius 3 is 2.57 bits per heavy atom. The minimum Gasteiger partial charge on any atom is -0.355 e. The molecule has 0 radical (unpaired) electrons. The summed E-state index contributed by atoms with van der Waals surface area (Å²) >= 11 is 0. The number of hydrogen-bond acceptors (Lipinski definition) is 2. The van der Waals surface area contributed by atoms with E-state index >= 15 is 0 Å². The van der Waals surface area contributed by atoms with Crippen molar-refractivity contribution >= 4 is 5.91 Å². The Balaban J connectivity index is 2.14. The van der Waals surface area contributed by atoms with E-state index in [1.54, 1.807) is 30.1 Å². The molecule has 3 aromatic rings. The van der Waals surface area contributed by atoms with Crippen molar-refractivity contribution in [3.8, 4) is 16.9 Å². The van der Waals surface area contributed by atoms with Gasteiger partial charge in [0, 0.05) is 18.8 Å². The lowest BCUT2D eigenvalue weighted by atomic mass is 10.1. The molecule has 3 rings (SSSR count). The monoisotopic (exact) mass is 309 g/mol. The summed E-state index contributed by atoms with van der Waals surface area (Å²) in [6.45, 7) is 1.99. The summed E-state index contributed by atoms with van der Waals surface area (Å²) in [5, 5.41) is 7.15. The highest BCUT2D eigenvalue weighted by atomic mass is 19.1. The van der Waals surface area contributed by atoms with Crippen molar-refractivity contribution in [2.45, 2.75) is 6.92 Å². The van der Waals surface area contributed by atoms with Crippen molar-refractivity contribution in [2.75, 3.05) is 7.05 Å². The van der Waals surface area contributed by atoms with Crippen LogP contribution in [0, 0.1) is 12.7 Å². The largest absolute Gasteiger partial charge is 0.355 e. The van der Waals surface area contributed by atoms with Gasteiger partial charge in [-0.25, -0.2) is 9.07 Å². The Morgan fingerprint density at radius 1 is 1.17 bits per heavy atom. The van der Waals surface area contributed by atoms with Gasteiger partial charge in [0.2, 0.25) is 0 Å². The van der Waals surface area contributed by atoms with Gasteiger partial charge in [-0.15, -0.1) is 0 Å². The number of halogens is 1. The molecule has 1 heterocycles. The fourth-order valence-corrected chi connectivity index (χ4v) is 2.41. The van der Waals surface area contributed by atoms with E-state index in [0.717, 1.165) is 11.1 Å². The van der Waals surface area contributed by atoms with Crippen molar-refractivity contribution in [1.29, 1.82) is 0 Å². The van der Waals surface area contributed by atoms with Crippen molar-refractivity contribution in [3.05, 3.63) is 71.7 Å². The molecule has 1 amide bonds. The Labute approximate surface area is 133 Å². The maximum Gasteiger partial charge on any atom is 0.254 e. The fourth-order valence-electron chi connectivity index (χ4n) is 2.41. The lowest BCUT2D eigenvalue weighted by molar-refractivity contribution is 0.0963. The first-order valence-electron chi connectivity index (χ1n) is 7.23. The van der Waals surface area contributed by atoms with Crippen LogP contribution in [0.2, 0.25) is 0 Å². The molecule has 0 saturated heterocycles. The van der Waals surface area contributed by atoms with E-state index < -0.39 is 0 Å². The molecule has 0 spiro atoms. The van der Waals surface area contributed by atoms with E-state index in [0.29, 0.717) is 16.9 Å². The van der Waals surface area contributed by atoms with Gasteiger partial charge in [-0.1, -0.05) is 23.8 Å². The number of hydrogen-bond donors (Lipinski definition) is 1. The second-order valence-electron chi connectivity index (χ2n) is 5.26. The summed E-state index contributed by atoms with van der Waals surface area (Å²) in [6, 6.07) is 13.8. The molecule has 116 valence electrons. The first-order chi connectivity index (χ1) is 11.1. The Morgan fingerprint density at radius 2 is 1.91 bits per heavy atom. The predicted molar refractivity (Wildman–Crippen MR) is 87.1 cm³/mol. The SMILES string of the molecule is CNC(=O)c1cn(-c2ccc(F)cc2)nc1-c1cccc(C)c1. The topological polar surface area (TPSA) is 46.9 Å². The fraction of sp³-hybridized carbons (Fsp3) is 0.111. The van der Waals surface area contributed by atoms with Crippen molar-refractivity contribution in [1.82, 2.24) is 15.1 Å². The van der Waals surface area contributed by atoms with Crippen molar-refractivity contribution in [3.63, 3.8) is 0 Å². The van der Waals surface area contributed by atoms with Crippen LogP contribution in [0.1, 0.15) is 15.9 Å². The van der Waals surface area contributed by atoms with E-state index in [9.17, 15) is 9.18 Å². The third-order valence-corrected chi connectivity index (χ3v) is 3.57. The number of aryl methyl sites for hydroxylation is 1. The molecule has 2 aromatic carbocycles. The summed E-state index contributed by atoms with van der Waals surface area (Å²) in [6.07, 6.45) is 1.66. The molecule has 4 nitrogen and oxygen atoms in total. The van der Waals surface area contributed by atoms with E-state index in [2.05, 4.69) is 10.4 Å². The zero-order valence-corrected chi connectivity index (χ0v) is 12.9. The molecule has 0 bridgehead atoms. The van der Waals surface area contributed by atoms with Crippen LogP contribution in [0.5, 0.6) is 0 Å². The molecule has 5 heteroatoms. The van der Waals surface area contributed by atoms with Crippen LogP contribution in [0.3, 0.4) is 0 Å². The Bertz CT molecular complexity index is 853. The molecular weight excluding hydrogens is 293 g/mol. The number of carbonyl (C=O) groups excluding carboxylic acids is 1. The first-order valence-corrected chi connectivity index (χ1v) is 7.23. The highest BCUT2D eigenvalue weighted by Crippen LogP contribution is 2.24. The predicted octanol–water partition coefficient (Wildman–Crippen LogP) is 3.35. The minimum absolute atomic E-state index is 0.213. The minimum atomic E-state index is -0.314. The number of nitrogens with zero attached hydrogens (tertiary/aromatic N) is 2. The molecule has 0 aliphatic heterocycles. The lowest BCUT2D eigenvalue weighted by Crippen LogP contribution is -2.17. The summed E-state index contributed by atoms with van der Waals surface area (Å²) in [7, 11) is 1.58. The van der Waals surface area contributed by atoms with E-state index in [1.807, 2.05) is 31.2 Å². The second-order valence-corrected chi connectivity index (χ2v) is 5.26. The van der Waals surface area contributed by atoms with Crippen LogP contribution in [0.25, 0.3) is 16.9 Å². The number of nitrogens with one attached hydrogen (secondary N) is 1. The van der Waals surface area contributed by atoms with Crippen LogP contribution in [-0.4, -0.2) is 22.7 Å². The van der Waals surface area contributed by atoms with E-state index in [-0.39, 0.29) is 11.7 Å². The highest BCUT2D eigenvalue weighted by Gasteiger charge is 2.17. The summed E-state index contributed by atoms with van der Waals surface area (Å²) < 4.78 is 14.7. The summed E-state index contributed by atoms with van der Waals surface area (Å²) in [5.41, 5.74) is 3.71.